The van der Waals surface area contributed by atoms with Gasteiger partial charge >= 0.3 is 5.97 Å². The van der Waals surface area contributed by atoms with Crippen molar-refractivity contribution in [1.29, 1.82) is 0 Å². The average molecular weight is 341 g/mol. The number of amides is 1. The lowest BCUT2D eigenvalue weighted by molar-refractivity contribution is -0.142. The van der Waals surface area contributed by atoms with E-state index in [9.17, 15) is 9.59 Å². The lowest BCUT2D eigenvalue weighted by atomic mass is 9.86. The second-order valence-corrected chi connectivity index (χ2v) is 6.80. The highest BCUT2D eigenvalue weighted by atomic mass is 16.4. The number of hydrogen-bond donors (Lipinski definition) is 2. The van der Waals surface area contributed by atoms with Crippen molar-refractivity contribution >= 4 is 28.5 Å². The highest BCUT2D eigenvalue weighted by Gasteiger charge is 2.27. The van der Waals surface area contributed by atoms with E-state index in [1.165, 1.54) is 0 Å². The SMILES string of the molecule is CN(C)c1cc(C(=O)NC2CCC(C(=O)O)CC2)nc2ccccc12. The van der Waals surface area contributed by atoms with E-state index in [0.29, 0.717) is 31.4 Å². The van der Waals surface area contributed by atoms with Gasteiger partial charge in [0.2, 0.25) is 0 Å². The van der Waals surface area contributed by atoms with Crippen molar-refractivity contribution in [2.45, 2.75) is 31.7 Å². The first-order valence-electron chi connectivity index (χ1n) is 8.56. The molecule has 0 spiro atoms. The van der Waals surface area contributed by atoms with Gasteiger partial charge in [0.15, 0.2) is 0 Å². The summed E-state index contributed by atoms with van der Waals surface area (Å²) >= 11 is 0. The van der Waals surface area contributed by atoms with Crippen LogP contribution in [0.3, 0.4) is 0 Å². The van der Waals surface area contributed by atoms with Crippen molar-refractivity contribution in [1.82, 2.24) is 10.3 Å². The summed E-state index contributed by atoms with van der Waals surface area (Å²) in [6.45, 7) is 0. The number of hydrogen-bond acceptors (Lipinski definition) is 4. The molecule has 0 atom stereocenters. The Balaban J connectivity index is 1.77. The predicted octanol–water partition coefficient (Wildman–Crippen LogP) is 2.67. The molecular formula is C19H23N3O3. The third-order valence-electron chi connectivity index (χ3n) is 4.82. The van der Waals surface area contributed by atoms with Gasteiger partial charge in [-0.1, -0.05) is 18.2 Å². The smallest absolute Gasteiger partial charge is 0.306 e. The van der Waals surface area contributed by atoms with Gasteiger partial charge in [-0.3, -0.25) is 9.59 Å². The third-order valence-corrected chi connectivity index (χ3v) is 4.82. The summed E-state index contributed by atoms with van der Waals surface area (Å²) in [7, 11) is 3.88. The molecule has 1 amide bonds. The van der Waals surface area contributed by atoms with Gasteiger partial charge in [-0.25, -0.2) is 4.98 Å². The molecule has 1 fully saturated rings. The van der Waals surface area contributed by atoms with Crippen LogP contribution in [0.5, 0.6) is 0 Å². The normalized spacial score (nSPS) is 20.2. The first kappa shape index (κ1) is 17.2. The zero-order valence-electron chi connectivity index (χ0n) is 14.5. The molecule has 132 valence electrons. The Labute approximate surface area is 146 Å². The van der Waals surface area contributed by atoms with E-state index in [2.05, 4.69) is 10.3 Å². The van der Waals surface area contributed by atoms with E-state index in [1.54, 1.807) is 6.07 Å². The third kappa shape index (κ3) is 3.73. The van der Waals surface area contributed by atoms with E-state index in [4.69, 9.17) is 5.11 Å². The summed E-state index contributed by atoms with van der Waals surface area (Å²) in [4.78, 5) is 30.1. The molecule has 0 radical (unpaired) electrons. The van der Waals surface area contributed by atoms with E-state index in [-0.39, 0.29) is 17.9 Å². The fourth-order valence-corrected chi connectivity index (χ4v) is 3.39. The quantitative estimate of drug-likeness (QED) is 0.893. The number of carboxylic acid groups (broad SMARTS) is 1. The maximum atomic E-state index is 12.6. The number of fused-ring (bicyclic) bond motifs is 1. The molecule has 1 aliphatic rings. The van der Waals surface area contributed by atoms with Crippen LogP contribution in [-0.2, 0) is 4.79 Å². The molecular weight excluding hydrogens is 318 g/mol. The number of carbonyl (C=O) groups is 2. The van der Waals surface area contributed by atoms with Crippen molar-refractivity contribution in [3.63, 3.8) is 0 Å². The monoisotopic (exact) mass is 341 g/mol. The maximum absolute atomic E-state index is 12.6. The van der Waals surface area contributed by atoms with E-state index in [1.807, 2.05) is 43.3 Å². The van der Waals surface area contributed by atoms with Gasteiger partial charge in [-0.15, -0.1) is 0 Å². The van der Waals surface area contributed by atoms with Crippen molar-refractivity contribution in [2.24, 2.45) is 5.92 Å². The number of benzene rings is 1. The zero-order valence-corrected chi connectivity index (χ0v) is 14.5. The molecule has 1 aliphatic carbocycles. The van der Waals surface area contributed by atoms with Crippen LogP contribution in [0.1, 0.15) is 36.2 Å². The summed E-state index contributed by atoms with van der Waals surface area (Å²) in [5.41, 5.74) is 2.13. The minimum Gasteiger partial charge on any atom is -0.481 e. The molecule has 0 aliphatic heterocycles. The van der Waals surface area contributed by atoms with E-state index in [0.717, 1.165) is 16.6 Å². The summed E-state index contributed by atoms with van der Waals surface area (Å²) in [5, 5.41) is 13.1. The molecule has 2 aromatic rings. The van der Waals surface area contributed by atoms with Crippen molar-refractivity contribution in [2.75, 3.05) is 19.0 Å². The van der Waals surface area contributed by atoms with Gasteiger partial charge in [-0.2, -0.15) is 0 Å². The molecule has 1 heterocycles. The molecule has 0 unspecified atom stereocenters. The number of carboxylic acids is 1. The Morgan fingerprint density at radius 1 is 1.16 bits per heavy atom. The van der Waals surface area contributed by atoms with Crippen molar-refractivity contribution < 1.29 is 14.7 Å². The highest BCUT2D eigenvalue weighted by molar-refractivity contribution is 6.00. The summed E-state index contributed by atoms with van der Waals surface area (Å²) in [6, 6.07) is 9.57. The number of rotatable bonds is 4. The molecule has 1 aromatic heterocycles. The van der Waals surface area contributed by atoms with Crippen molar-refractivity contribution in [3.8, 4) is 0 Å². The highest BCUT2D eigenvalue weighted by Crippen LogP contribution is 2.27. The van der Waals surface area contributed by atoms with Gasteiger partial charge in [0, 0.05) is 31.2 Å². The van der Waals surface area contributed by atoms with Crippen LogP contribution < -0.4 is 10.2 Å². The number of nitrogens with one attached hydrogen (secondary N) is 1. The number of pyridine rings is 1. The maximum Gasteiger partial charge on any atom is 0.306 e. The molecule has 0 saturated heterocycles. The number of aromatic nitrogens is 1. The molecule has 6 heteroatoms. The fourth-order valence-electron chi connectivity index (χ4n) is 3.39. The standard InChI is InChI=1S/C19H23N3O3/c1-22(2)17-11-16(21-15-6-4-3-5-14(15)17)18(23)20-13-9-7-12(8-10-13)19(24)25/h3-6,11-13H,7-10H2,1-2H3,(H,20,23)(H,24,25). The van der Waals surface area contributed by atoms with Crippen LogP contribution in [0.4, 0.5) is 5.69 Å². The predicted molar refractivity (Wildman–Crippen MR) is 96.9 cm³/mol. The molecule has 2 N–H and O–H groups in total. The Morgan fingerprint density at radius 2 is 1.84 bits per heavy atom. The van der Waals surface area contributed by atoms with Gasteiger partial charge in [0.05, 0.1) is 11.4 Å². The minimum absolute atomic E-state index is 0.0131. The summed E-state index contributed by atoms with van der Waals surface area (Å²) < 4.78 is 0. The molecule has 6 nitrogen and oxygen atoms in total. The van der Waals surface area contributed by atoms with Crippen LogP contribution >= 0.6 is 0 Å². The Bertz CT molecular complexity index is 796. The molecule has 0 bridgehead atoms. The Kier molecular flexibility index (Phi) is 4.88. The second kappa shape index (κ2) is 7.09. The lowest BCUT2D eigenvalue weighted by Gasteiger charge is -2.26. The first-order valence-corrected chi connectivity index (χ1v) is 8.56. The summed E-state index contributed by atoms with van der Waals surface area (Å²) in [6.07, 6.45) is 2.59. The van der Waals surface area contributed by atoms with E-state index >= 15 is 0 Å². The molecule has 25 heavy (non-hydrogen) atoms. The van der Waals surface area contributed by atoms with E-state index < -0.39 is 5.97 Å². The van der Waals surface area contributed by atoms with Crippen LogP contribution in [0.2, 0.25) is 0 Å². The van der Waals surface area contributed by atoms with Gasteiger partial charge in [-0.05, 0) is 37.8 Å². The lowest BCUT2D eigenvalue weighted by Crippen LogP contribution is -2.39. The van der Waals surface area contributed by atoms with Crippen LogP contribution in [0.15, 0.2) is 30.3 Å². The topological polar surface area (TPSA) is 82.5 Å². The fraction of sp³-hybridized carbons (Fsp3) is 0.421. The number of aliphatic carboxylic acids is 1. The first-order chi connectivity index (χ1) is 12.0. The van der Waals surface area contributed by atoms with Crippen LogP contribution in [0, 0.1) is 5.92 Å². The van der Waals surface area contributed by atoms with Gasteiger partial charge < -0.3 is 15.3 Å². The second-order valence-electron chi connectivity index (χ2n) is 6.80. The molecule has 1 saturated carbocycles. The number of para-hydroxylation sites is 1. The van der Waals surface area contributed by atoms with Gasteiger partial charge in [0.25, 0.3) is 5.91 Å². The Morgan fingerprint density at radius 3 is 2.48 bits per heavy atom. The number of anilines is 1. The minimum atomic E-state index is -0.739. The molecule has 3 rings (SSSR count). The largest absolute Gasteiger partial charge is 0.481 e. The van der Waals surface area contributed by atoms with Gasteiger partial charge in [0.1, 0.15) is 5.69 Å². The summed E-state index contributed by atoms with van der Waals surface area (Å²) in [5.74, 6) is -1.23. The number of nitrogens with zero attached hydrogens (tertiary/aromatic N) is 2. The average Bonchev–Trinajstić information content (AvgIpc) is 2.61. The zero-order chi connectivity index (χ0) is 18.0. The van der Waals surface area contributed by atoms with Crippen LogP contribution in [-0.4, -0.2) is 42.1 Å². The molecule has 1 aromatic carbocycles. The number of carbonyl (C=O) groups excluding carboxylic acids is 1. The van der Waals surface area contributed by atoms with Crippen molar-refractivity contribution in [3.05, 3.63) is 36.0 Å². The van der Waals surface area contributed by atoms with Crippen LogP contribution in [0.25, 0.3) is 10.9 Å². The Hall–Kier alpha value is -2.63.